The van der Waals surface area contributed by atoms with Crippen LogP contribution in [-0.4, -0.2) is 4.98 Å². The van der Waals surface area contributed by atoms with Gasteiger partial charge in [-0.1, -0.05) is 23.2 Å². The molecule has 0 atom stereocenters. The third kappa shape index (κ3) is 3.02. The Labute approximate surface area is 109 Å². The maximum atomic E-state index is 5.88. The number of aromatic nitrogens is 1. The van der Waals surface area contributed by atoms with E-state index in [2.05, 4.69) is 4.98 Å². The lowest BCUT2D eigenvalue weighted by Gasteiger charge is -2.08. The van der Waals surface area contributed by atoms with Crippen molar-refractivity contribution in [2.45, 2.75) is 6.92 Å². The van der Waals surface area contributed by atoms with E-state index in [0.717, 1.165) is 5.56 Å². The van der Waals surface area contributed by atoms with Crippen LogP contribution in [0.3, 0.4) is 0 Å². The number of halogens is 2. The van der Waals surface area contributed by atoms with Gasteiger partial charge in [-0.05, 0) is 31.2 Å². The second kappa shape index (κ2) is 4.82. The van der Waals surface area contributed by atoms with E-state index in [1.54, 1.807) is 24.3 Å². The standard InChI is InChI=1S/C12H10Cl2N2O/c1-7-2-10(15)6-16-12(7)17-11-4-8(13)3-9(14)5-11/h2-6H,15H2,1H3. The first-order chi connectivity index (χ1) is 8.04. The molecule has 0 aliphatic carbocycles. The fraction of sp³-hybridized carbons (Fsp3) is 0.0833. The van der Waals surface area contributed by atoms with Gasteiger partial charge in [-0.15, -0.1) is 0 Å². The molecule has 17 heavy (non-hydrogen) atoms. The van der Waals surface area contributed by atoms with Crippen LogP contribution < -0.4 is 10.5 Å². The molecule has 2 N–H and O–H groups in total. The van der Waals surface area contributed by atoms with Crippen molar-refractivity contribution in [3.8, 4) is 11.6 Å². The van der Waals surface area contributed by atoms with Gasteiger partial charge >= 0.3 is 0 Å². The summed E-state index contributed by atoms with van der Waals surface area (Å²) in [4.78, 5) is 4.10. The summed E-state index contributed by atoms with van der Waals surface area (Å²) in [5.74, 6) is 1.03. The summed E-state index contributed by atoms with van der Waals surface area (Å²) < 4.78 is 5.59. The monoisotopic (exact) mass is 268 g/mol. The predicted molar refractivity (Wildman–Crippen MR) is 69.9 cm³/mol. The number of aryl methyl sites for hydroxylation is 1. The minimum atomic E-state index is 0.484. The Morgan fingerprint density at radius 2 is 1.76 bits per heavy atom. The van der Waals surface area contributed by atoms with E-state index < -0.39 is 0 Å². The van der Waals surface area contributed by atoms with Gasteiger partial charge in [0.25, 0.3) is 0 Å². The maximum absolute atomic E-state index is 5.88. The summed E-state index contributed by atoms with van der Waals surface area (Å²) in [6.07, 6.45) is 1.54. The van der Waals surface area contributed by atoms with Crippen LogP contribution in [0.4, 0.5) is 5.69 Å². The lowest BCUT2D eigenvalue weighted by Crippen LogP contribution is -1.94. The molecule has 0 saturated heterocycles. The minimum absolute atomic E-state index is 0.484. The van der Waals surface area contributed by atoms with Crippen molar-refractivity contribution >= 4 is 28.9 Å². The first-order valence-electron chi connectivity index (χ1n) is 4.90. The Hall–Kier alpha value is -1.45. The van der Waals surface area contributed by atoms with Gasteiger partial charge in [0, 0.05) is 15.6 Å². The summed E-state index contributed by atoms with van der Waals surface area (Å²) in [6.45, 7) is 1.87. The van der Waals surface area contributed by atoms with Crippen LogP contribution in [0.25, 0.3) is 0 Å². The molecular weight excluding hydrogens is 259 g/mol. The Morgan fingerprint density at radius 3 is 2.35 bits per heavy atom. The second-order valence-electron chi connectivity index (χ2n) is 3.60. The lowest BCUT2D eigenvalue weighted by molar-refractivity contribution is 0.459. The van der Waals surface area contributed by atoms with Crippen LogP contribution in [0.2, 0.25) is 10.0 Å². The highest BCUT2D eigenvalue weighted by atomic mass is 35.5. The molecule has 0 unspecified atom stereocenters. The highest BCUT2D eigenvalue weighted by molar-refractivity contribution is 6.34. The number of nitrogens with zero attached hydrogens (tertiary/aromatic N) is 1. The molecule has 88 valence electrons. The van der Waals surface area contributed by atoms with Gasteiger partial charge < -0.3 is 10.5 Å². The van der Waals surface area contributed by atoms with Crippen molar-refractivity contribution in [1.29, 1.82) is 0 Å². The summed E-state index contributed by atoms with van der Waals surface area (Å²) in [7, 11) is 0. The van der Waals surface area contributed by atoms with Gasteiger partial charge in [-0.2, -0.15) is 0 Å². The number of nitrogen functional groups attached to an aromatic ring is 1. The molecular formula is C12H10Cl2N2O. The largest absolute Gasteiger partial charge is 0.439 e. The van der Waals surface area contributed by atoms with Crippen LogP contribution in [-0.2, 0) is 0 Å². The molecule has 0 aliphatic heterocycles. The van der Waals surface area contributed by atoms with Crippen LogP contribution >= 0.6 is 23.2 Å². The molecule has 3 nitrogen and oxygen atoms in total. The van der Waals surface area contributed by atoms with Crippen molar-refractivity contribution < 1.29 is 4.74 Å². The molecule has 0 aliphatic rings. The molecule has 1 heterocycles. The smallest absolute Gasteiger partial charge is 0.222 e. The van der Waals surface area contributed by atoms with Crippen molar-refractivity contribution in [2.75, 3.05) is 5.73 Å². The zero-order valence-corrected chi connectivity index (χ0v) is 10.6. The average molecular weight is 269 g/mol. The van der Waals surface area contributed by atoms with Crippen LogP contribution in [0.5, 0.6) is 11.6 Å². The molecule has 0 saturated carbocycles. The first kappa shape index (κ1) is 12.0. The Balaban J connectivity index is 2.31. The Morgan fingerprint density at radius 1 is 1.12 bits per heavy atom. The lowest BCUT2D eigenvalue weighted by atomic mass is 10.3. The first-order valence-corrected chi connectivity index (χ1v) is 5.66. The zero-order chi connectivity index (χ0) is 12.4. The normalized spacial score (nSPS) is 10.3. The molecule has 1 aromatic carbocycles. The Kier molecular flexibility index (Phi) is 3.41. The van der Waals surface area contributed by atoms with Crippen molar-refractivity contribution in [1.82, 2.24) is 4.98 Å². The number of rotatable bonds is 2. The average Bonchev–Trinajstić information content (AvgIpc) is 2.21. The number of hydrogen-bond acceptors (Lipinski definition) is 3. The van der Waals surface area contributed by atoms with Gasteiger partial charge in [0.05, 0.1) is 11.9 Å². The molecule has 1 aromatic heterocycles. The van der Waals surface area contributed by atoms with Gasteiger partial charge in [-0.3, -0.25) is 0 Å². The van der Waals surface area contributed by atoms with E-state index in [0.29, 0.717) is 27.4 Å². The van der Waals surface area contributed by atoms with Crippen molar-refractivity contribution in [3.63, 3.8) is 0 Å². The van der Waals surface area contributed by atoms with Gasteiger partial charge in [0.2, 0.25) is 5.88 Å². The molecule has 5 heteroatoms. The van der Waals surface area contributed by atoms with E-state index in [1.807, 2.05) is 6.92 Å². The van der Waals surface area contributed by atoms with Gasteiger partial charge in [0.1, 0.15) is 5.75 Å². The predicted octanol–water partition coefficient (Wildman–Crippen LogP) is 4.07. The third-order valence-electron chi connectivity index (χ3n) is 2.10. The van der Waals surface area contributed by atoms with Crippen LogP contribution in [0.1, 0.15) is 5.56 Å². The van der Waals surface area contributed by atoms with Gasteiger partial charge in [-0.25, -0.2) is 4.98 Å². The van der Waals surface area contributed by atoms with E-state index >= 15 is 0 Å². The fourth-order valence-electron chi connectivity index (χ4n) is 1.39. The summed E-state index contributed by atoms with van der Waals surface area (Å²) in [6, 6.07) is 6.77. The van der Waals surface area contributed by atoms with Crippen molar-refractivity contribution in [3.05, 3.63) is 46.1 Å². The Bertz CT molecular complexity index is 538. The number of hydrogen-bond donors (Lipinski definition) is 1. The molecule has 0 amide bonds. The molecule has 0 spiro atoms. The SMILES string of the molecule is Cc1cc(N)cnc1Oc1cc(Cl)cc(Cl)c1. The summed E-state index contributed by atoms with van der Waals surface area (Å²) >= 11 is 11.8. The highest BCUT2D eigenvalue weighted by Gasteiger charge is 2.05. The third-order valence-corrected chi connectivity index (χ3v) is 2.54. The van der Waals surface area contributed by atoms with Crippen LogP contribution in [0.15, 0.2) is 30.5 Å². The zero-order valence-electron chi connectivity index (χ0n) is 9.08. The van der Waals surface area contributed by atoms with Gasteiger partial charge in [0.15, 0.2) is 0 Å². The molecule has 0 radical (unpaired) electrons. The minimum Gasteiger partial charge on any atom is -0.439 e. The summed E-state index contributed by atoms with van der Waals surface area (Å²) in [5, 5.41) is 1.03. The molecule has 2 aromatic rings. The highest BCUT2D eigenvalue weighted by Crippen LogP contribution is 2.29. The number of benzene rings is 1. The van der Waals surface area contributed by atoms with E-state index in [4.69, 9.17) is 33.7 Å². The van der Waals surface area contributed by atoms with Crippen molar-refractivity contribution in [2.24, 2.45) is 0 Å². The van der Waals surface area contributed by atoms with E-state index in [9.17, 15) is 0 Å². The quantitative estimate of drug-likeness (QED) is 0.893. The van der Waals surface area contributed by atoms with E-state index in [1.165, 1.54) is 6.20 Å². The maximum Gasteiger partial charge on any atom is 0.222 e. The topological polar surface area (TPSA) is 48.1 Å². The number of nitrogens with two attached hydrogens (primary N) is 1. The van der Waals surface area contributed by atoms with E-state index in [-0.39, 0.29) is 0 Å². The summed E-state index contributed by atoms with van der Waals surface area (Å²) in [5.41, 5.74) is 7.05. The number of pyridine rings is 1. The second-order valence-corrected chi connectivity index (χ2v) is 4.47. The fourth-order valence-corrected chi connectivity index (χ4v) is 1.90. The number of ether oxygens (including phenoxy) is 1. The molecule has 0 bridgehead atoms. The molecule has 0 fully saturated rings. The van der Waals surface area contributed by atoms with Crippen LogP contribution in [0, 0.1) is 6.92 Å². The number of anilines is 1. The molecule has 2 rings (SSSR count).